The minimum absolute atomic E-state index is 0.0770. The quantitative estimate of drug-likeness (QED) is 0.737. The van der Waals surface area contributed by atoms with Crippen molar-refractivity contribution < 1.29 is 9.53 Å². The molecule has 1 atom stereocenters. The summed E-state index contributed by atoms with van der Waals surface area (Å²) in [7, 11) is 1.60. The van der Waals surface area contributed by atoms with Gasteiger partial charge in [-0.3, -0.25) is 9.59 Å². The third kappa shape index (κ3) is 5.90. The number of amides is 1. The average Bonchev–Trinajstić information content (AvgIpc) is 2.72. The number of aromatic nitrogens is 2. The number of benzene rings is 1. The van der Waals surface area contributed by atoms with Gasteiger partial charge in [-0.2, -0.15) is 5.10 Å². The molecule has 0 bridgehead atoms. The maximum Gasteiger partial charge on any atom is 0.268 e. The molecule has 1 aliphatic rings. The Bertz CT molecular complexity index is 880. The Morgan fingerprint density at radius 3 is 2.93 bits per heavy atom. The number of ether oxygens (including phenoxy) is 1. The summed E-state index contributed by atoms with van der Waals surface area (Å²) in [6.45, 7) is 5.16. The molecule has 7 heteroatoms. The lowest BCUT2D eigenvalue weighted by atomic mass is 9.94. The molecule has 1 fully saturated rings. The van der Waals surface area contributed by atoms with Gasteiger partial charge in [-0.25, -0.2) is 4.68 Å². The van der Waals surface area contributed by atoms with Gasteiger partial charge < -0.3 is 15.0 Å². The molecule has 1 amide bonds. The zero-order valence-corrected chi connectivity index (χ0v) is 17.3. The summed E-state index contributed by atoms with van der Waals surface area (Å²) in [4.78, 5) is 26.8. The van der Waals surface area contributed by atoms with Crippen LogP contribution < -0.4 is 15.8 Å². The molecular weight excluding hydrogens is 368 g/mol. The maximum absolute atomic E-state index is 12.4. The first kappa shape index (κ1) is 21.0. The second-order valence-electron chi connectivity index (χ2n) is 7.63. The van der Waals surface area contributed by atoms with Gasteiger partial charge in [0.2, 0.25) is 5.91 Å². The van der Waals surface area contributed by atoms with Crippen molar-refractivity contribution in [1.82, 2.24) is 15.1 Å². The van der Waals surface area contributed by atoms with E-state index in [0.717, 1.165) is 37.2 Å². The lowest BCUT2D eigenvalue weighted by Gasteiger charge is -2.34. The Kier molecular flexibility index (Phi) is 7.41. The van der Waals surface area contributed by atoms with Crippen LogP contribution in [0, 0.1) is 12.8 Å². The van der Waals surface area contributed by atoms with E-state index in [0.29, 0.717) is 26.1 Å². The number of aryl methyl sites for hydroxylation is 1. The topological polar surface area (TPSA) is 76.5 Å². The predicted molar refractivity (Wildman–Crippen MR) is 113 cm³/mol. The van der Waals surface area contributed by atoms with E-state index >= 15 is 0 Å². The molecule has 0 spiro atoms. The number of carbonyl (C=O) groups excluding carboxylic acids is 1. The molecule has 1 aliphatic heterocycles. The Labute approximate surface area is 171 Å². The van der Waals surface area contributed by atoms with Crippen LogP contribution in [-0.4, -0.2) is 42.5 Å². The minimum Gasteiger partial charge on any atom is -0.383 e. The molecule has 3 rings (SSSR count). The summed E-state index contributed by atoms with van der Waals surface area (Å²) in [6, 6.07) is 9.72. The van der Waals surface area contributed by atoms with E-state index in [1.165, 1.54) is 10.2 Å². The Hall–Kier alpha value is -2.67. The fourth-order valence-corrected chi connectivity index (χ4v) is 3.75. The highest BCUT2D eigenvalue weighted by Gasteiger charge is 2.23. The van der Waals surface area contributed by atoms with E-state index in [-0.39, 0.29) is 17.4 Å². The third-order valence-corrected chi connectivity index (χ3v) is 5.46. The van der Waals surface area contributed by atoms with Gasteiger partial charge in [0, 0.05) is 39.2 Å². The number of nitrogens with zero attached hydrogens (tertiary/aromatic N) is 3. The summed E-state index contributed by atoms with van der Waals surface area (Å²) in [5, 5.41) is 7.29. The van der Waals surface area contributed by atoms with Crippen LogP contribution in [0.4, 0.5) is 5.69 Å². The van der Waals surface area contributed by atoms with Crippen molar-refractivity contribution >= 4 is 11.6 Å². The molecule has 1 unspecified atom stereocenters. The highest BCUT2D eigenvalue weighted by Crippen LogP contribution is 2.23. The van der Waals surface area contributed by atoms with E-state index in [4.69, 9.17) is 4.74 Å². The summed E-state index contributed by atoms with van der Waals surface area (Å²) >= 11 is 0. The van der Waals surface area contributed by atoms with Crippen LogP contribution in [0.1, 0.15) is 30.4 Å². The first-order valence-corrected chi connectivity index (χ1v) is 10.2. The standard InChI is InChI=1S/C22H30N4O3/c1-17-6-3-4-8-19(17)14-23-21(27)12-18-7-5-9-25(16-18)20-13-22(28)26(24-15-20)10-11-29-2/h3-4,6,8,13,15,18H,5,7,9-12,14,16H2,1-2H3,(H,23,27). The largest absolute Gasteiger partial charge is 0.383 e. The van der Waals surface area contributed by atoms with Crippen molar-refractivity contribution in [3.8, 4) is 0 Å². The van der Waals surface area contributed by atoms with Crippen LogP contribution in [0.25, 0.3) is 0 Å². The second-order valence-corrected chi connectivity index (χ2v) is 7.63. The number of rotatable bonds is 8. The van der Waals surface area contributed by atoms with Crippen LogP contribution in [0.2, 0.25) is 0 Å². The fraction of sp³-hybridized carbons (Fsp3) is 0.500. The molecule has 2 heterocycles. The molecule has 1 saturated heterocycles. The van der Waals surface area contributed by atoms with Crippen molar-refractivity contribution in [1.29, 1.82) is 0 Å². The number of hydrogen-bond acceptors (Lipinski definition) is 5. The molecule has 0 radical (unpaired) electrons. The summed E-state index contributed by atoms with van der Waals surface area (Å²) in [6.07, 6.45) is 4.26. The van der Waals surface area contributed by atoms with Crippen molar-refractivity contribution in [2.24, 2.45) is 5.92 Å². The molecule has 2 aromatic rings. The predicted octanol–water partition coefficient (Wildman–Crippen LogP) is 2.12. The van der Waals surface area contributed by atoms with Crippen LogP contribution in [0.5, 0.6) is 0 Å². The van der Waals surface area contributed by atoms with Crippen molar-refractivity contribution in [2.45, 2.75) is 39.3 Å². The molecule has 1 aromatic carbocycles. The SMILES string of the molecule is COCCn1ncc(N2CCCC(CC(=O)NCc3ccccc3C)C2)cc1=O. The molecule has 0 saturated carbocycles. The lowest BCUT2D eigenvalue weighted by Crippen LogP contribution is -2.39. The highest BCUT2D eigenvalue weighted by atomic mass is 16.5. The van der Waals surface area contributed by atoms with Crippen LogP contribution in [-0.2, 0) is 22.6 Å². The fourth-order valence-electron chi connectivity index (χ4n) is 3.75. The Morgan fingerprint density at radius 2 is 2.17 bits per heavy atom. The zero-order valence-electron chi connectivity index (χ0n) is 17.3. The minimum atomic E-state index is -0.127. The molecule has 0 aliphatic carbocycles. The van der Waals surface area contributed by atoms with Crippen molar-refractivity contribution in [2.75, 3.05) is 31.7 Å². The summed E-state index contributed by atoms with van der Waals surface area (Å²) < 4.78 is 6.42. The molecular formula is C22H30N4O3. The van der Waals surface area contributed by atoms with E-state index < -0.39 is 0 Å². The molecule has 1 N–H and O–H groups in total. The van der Waals surface area contributed by atoms with Crippen LogP contribution in [0.15, 0.2) is 41.3 Å². The Morgan fingerprint density at radius 1 is 1.34 bits per heavy atom. The monoisotopic (exact) mass is 398 g/mol. The van der Waals surface area contributed by atoms with Gasteiger partial charge in [-0.1, -0.05) is 24.3 Å². The zero-order chi connectivity index (χ0) is 20.6. The number of piperidine rings is 1. The number of hydrogen-bond donors (Lipinski definition) is 1. The van der Waals surface area contributed by atoms with Crippen LogP contribution >= 0.6 is 0 Å². The van der Waals surface area contributed by atoms with Gasteiger partial charge in [0.05, 0.1) is 25.0 Å². The third-order valence-electron chi connectivity index (χ3n) is 5.46. The molecule has 1 aromatic heterocycles. The van der Waals surface area contributed by atoms with Gasteiger partial charge in [0.25, 0.3) is 5.56 Å². The van der Waals surface area contributed by atoms with Gasteiger partial charge in [-0.05, 0) is 36.8 Å². The lowest BCUT2D eigenvalue weighted by molar-refractivity contribution is -0.122. The Balaban J connectivity index is 1.53. The van der Waals surface area contributed by atoms with E-state index in [1.54, 1.807) is 19.4 Å². The normalized spacial score (nSPS) is 16.6. The van der Waals surface area contributed by atoms with E-state index in [2.05, 4.69) is 28.3 Å². The van der Waals surface area contributed by atoms with Crippen molar-refractivity contribution in [3.05, 3.63) is 58.0 Å². The molecule has 29 heavy (non-hydrogen) atoms. The number of carbonyl (C=O) groups is 1. The first-order chi connectivity index (χ1) is 14.1. The molecule has 7 nitrogen and oxygen atoms in total. The van der Waals surface area contributed by atoms with Crippen molar-refractivity contribution in [3.63, 3.8) is 0 Å². The van der Waals surface area contributed by atoms with Gasteiger partial charge >= 0.3 is 0 Å². The van der Waals surface area contributed by atoms with Gasteiger partial charge in [-0.15, -0.1) is 0 Å². The van der Waals surface area contributed by atoms with Gasteiger partial charge in [0.1, 0.15) is 0 Å². The maximum atomic E-state index is 12.4. The van der Waals surface area contributed by atoms with E-state index in [9.17, 15) is 9.59 Å². The smallest absolute Gasteiger partial charge is 0.268 e. The number of methoxy groups -OCH3 is 1. The highest BCUT2D eigenvalue weighted by molar-refractivity contribution is 5.76. The summed E-state index contributed by atoms with van der Waals surface area (Å²) in [5.41, 5.74) is 3.03. The van der Waals surface area contributed by atoms with E-state index in [1.807, 2.05) is 18.2 Å². The molecule has 156 valence electrons. The first-order valence-electron chi connectivity index (χ1n) is 10.2. The second kappa shape index (κ2) is 10.2. The average molecular weight is 399 g/mol. The van der Waals surface area contributed by atoms with Gasteiger partial charge in [0.15, 0.2) is 0 Å². The van der Waals surface area contributed by atoms with Crippen LogP contribution in [0.3, 0.4) is 0 Å². The number of anilines is 1. The summed E-state index contributed by atoms with van der Waals surface area (Å²) in [5.74, 6) is 0.352. The number of nitrogens with one attached hydrogen (secondary N) is 1.